The van der Waals surface area contributed by atoms with E-state index in [4.69, 9.17) is 13.9 Å². The van der Waals surface area contributed by atoms with Crippen LogP contribution in [0, 0.1) is 0 Å². The van der Waals surface area contributed by atoms with Gasteiger partial charge in [-0.05, 0) is 34.7 Å². The van der Waals surface area contributed by atoms with Crippen molar-refractivity contribution >= 4 is 0 Å². The maximum Gasteiger partial charge on any atom is 0.214 e. The van der Waals surface area contributed by atoms with Gasteiger partial charge >= 0.3 is 0 Å². The number of likely N-dealkylation sites (N-methyl/N-ethyl adjacent to an activating group) is 1. The molecule has 1 aromatic carbocycles. The number of methoxy groups -OCH3 is 2. The topological polar surface area (TPSA) is 84.1 Å². The van der Waals surface area contributed by atoms with E-state index in [0.717, 1.165) is 49.1 Å². The van der Waals surface area contributed by atoms with Crippen LogP contribution in [0.15, 0.2) is 41.0 Å². The van der Waals surface area contributed by atoms with E-state index in [9.17, 15) is 0 Å². The van der Waals surface area contributed by atoms with E-state index in [1.807, 2.05) is 28.9 Å². The number of para-hydroxylation sites is 1. The number of nitrogens with zero attached hydrogens (tertiary/aromatic N) is 4. The second-order valence-corrected chi connectivity index (χ2v) is 7.41. The second-order valence-electron chi connectivity index (χ2n) is 7.41. The average Bonchev–Trinajstić information content (AvgIpc) is 3.42. The van der Waals surface area contributed by atoms with Crippen LogP contribution in [-0.4, -0.2) is 67.7 Å². The van der Waals surface area contributed by atoms with E-state index in [-0.39, 0.29) is 6.04 Å². The quantitative estimate of drug-likeness (QED) is 0.520. The molecule has 1 aliphatic heterocycles. The average molecular weight is 400 g/mol. The molecule has 3 aromatic rings. The molecule has 1 saturated heterocycles. The molecule has 9 heteroatoms. The second kappa shape index (κ2) is 8.62. The summed E-state index contributed by atoms with van der Waals surface area (Å²) in [4.78, 5) is 2.96. The lowest BCUT2D eigenvalue weighted by Gasteiger charge is -2.33. The fraction of sp³-hybridized carbons (Fsp3) is 0.450. The van der Waals surface area contributed by atoms with E-state index in [2.05, 4.69) is 28.6 Å². The van der Waals surface area contributed by atoms with Crippen molar-refractivity contribution in [1.29, 1.82) is 0 Å². The van der Waals surface area contributed by atoms with Crippen LogP contribution in [-0.2, 0) is 6.54 Å². The minimum absolute atomic E-state index is 0.0712. The van der Waals surface area contributed by atoms with Crippen molar-refractivity contribution in [2.45, 2.75) is 12.6 Å². The van der Waals surface area contributed by atoms with Crippen LogP contribution in [0.3, 0.4) is 0 Å². The molecule has 9 nitrogen and oxygen atoms in total. The molecular formula is C20H28N6O3+2. The molecule has 0 amide bonds. The SMILES string of the molecule is COc1cccc([C@H](c2nnnn2Cc2ccco2)[NH+]2CC[NH+](C)CC2)c1OC. The molecule has 3 heterocycles. The Labute approximate surface area is 169 Å². The molecule has 29 heavy (non-hydrogen) atoms. The molecule has 2 aromatic heterocycles. The number of furan rings is 1. The summed E-state index contributed by atoms with van der Waals surface area (Å²) in [5, 5.41) is 12.7. The summed E-state index contributed by atoms with van der Waals surface area (Å²) >= 11 is 0. The summed E-state index contributed by atoms with van der Waals surface area (Å²) < 4.78 is 18.7. The predicted molar refractivity (Wildman–Crippen MR) is 104 cm³/mol. The van der Waals surface area contributed by atoms with Crippen molar-refractivity contribution in [3.05, 3.63) is 53.7 Å². The Morgan fingerprint density at radius 3 is 2.62 bits per heavy atom. The lowest BCUT2D eigenvalue weighted by atomic mass is 10.0. The largest absolute Gasteiger partial charge is 0.493 e. The van der Waals surface area contributed by atoms with Gasteiger partial charge in [0.15, 0.2) is 17.5 Å². The molecule has 1 atom stereocenters. The lowest BCUT2D eigenvalue weighted by molar-refractivity contribution is -1.02. The number of tetrazole rings is 1. The third-order valence-electron chi connectivity index (χ3n) is 5.60. The summed E-state index contributed by atoms with van der Waals surface area (Å²) in [6.07, 6.45) is 1.66. The Hall–Kier alpha value is -2.91. The number of quaternary nitrogens is 2. The smallest absolute Gasteiger partial charge is 0.214 e. The highest BCUT2D eigenvalue weighted by Crippen LogP contribution is 2.35. The van der Waals surface area contributed by atoms with E-state index in [1.165, 1.54) is 4.90 Å². The van der Waals surface area contributed by atoms with Gasteiger partial charge in [0, 0.05) is 0 Å². The zero-order valence-electron chi connectivity index (χ0n) is 17.1. The van der Waals surface area contributed by atoms with Crippen LogP contribution >= 0.6 is 0 Å². The van der Waals surface area contributed by atoms with Gasteiger partial charge in [0.05, 0.1) is 33.1 Å². The Kier molecular flexibility index (Phi) is 5.77. The summed E-state index contributed by atoms with van der Waals surface area (Å²) in [5.74, 6) is 3.04. The molecule has 0 unspecified atom stereocenters. The van der Waals surface area contributed by atoms with E-state index < -0.39 is 0 Å². The minimum Gasteiger partial charge on any atom is -0.493 e. The zero-order chi connectivity index (χ0) is 20.2. The van der Waals surface area contributed by atoms with Gasteiger partial charge in [-0.2, -0.15) is 0 Å². The van der Waals surface area contributed by atoms with Crippen LogP contribution in [0.1, 0.15) is 23.2 Å². The molecule has 1 aliphatic rings. The first-order chi connectivity index (χ1) is 14.2. The molecular weight excluding hydrogens is 372 g/mol. The maximum absolute atomic E-state index is 5.76. The Balaban J connectivity index is 1.78. The van der Waals surface area contributed by atoms with Gasteiger partial charge < -0.3 is 23.7 Å². The molecule has 2 N–H and O–H groups in total. The number of nitrogens with one attached hydrogen (secondary N) is 2. The fourth-order valence-corrected chi connectivity index (χ4v) is 4.05. The maximum atomic E-state index is 5.76. The van der Waals surface area contributed by atoms with Gasteiger partial charge in [-0.25, -0.2) is 4.68 Å². The highest BCUT2D eigenvalue weighted by molar-refractivity contribution is 5.48. The first-order valence-electron chi connectivity index (χ1n) is 9.86. The van der Waals surface area contributed by atoms with Gasteiger partial charge in [-0.3, -0.25) is 0 Å². The normalized spacial score (nSPS) is 20.4. The third-order valence-corrected chi connectivity index (χ3v) is 5.60. The van der Waals surface area contributed by atoms with Crippen LogP contribution in [0.2, 0.25) is 0 Å². The number of piperazine rings is 1. The van der Waals surface area contributed by atoms with Crippen LogP contribution in [0.25, 0.3) is 0 Å². The number of benzene rings is 1. The summed E-state index contributed by atoms with van der Waals surface area (Å²) in [7, 11) is 5.57. The molecule has 0 spiro atoms. The first-order valence-corrected chi connectivity index (χ1v) is 9.86. The molecule has 4 rings (SSSR count). The van der Waals surface area contributed by atoms with Gasteiger partial charge in [-0.1, -0.05) is 6.07 Å². The number of ether oxygens (including phenoxy) is 2. The van der Waals surface area contributed by atoms with Gasteiger partial charge in [0.2, 0.25) is 5.82 Å². The Bertz CT molecular complexity index is 918. The monoisotopic (exact) mass is 400 g/mol. The van der Waals surface area contributed by atoms with Crippen LogP contribution < -0.4 is 19.3 Å². The zero-order valence-corrected chi connectivity index (χ0v) is 17.1. The van der Waals surface area contributed by atoms with Crippen molar-refractivity contribution in [2.75, 3.05) is 47.4 Å². The van der Waals surface area contributed by atoms with Crippen molar-refractivity contribution in [3.8, 4) is 11.5 Å². The van der Waals surface area contributed by atoms with Crippen molar-refractivity contribution in [2.24, 2.45) is 0 Å². The third kappa shape index (κ3) is 3.96. The lowest BCUT2D eigenvalue weighted by Crippen LogP contribution is -3.27. The predicted octanol–water partition coefficient (Wildman–Crippen LogP) is -1.17. The number of rotatable bonds is 7. The molecule has 0 aliphatic carbocycles. The molecule has 154 valence electrons. The van der Waals surface area contributed by atoms with Gasteiger partial charge in [0.1, 0.15) is 38.5 Å². The van der Waals surface area contributed by atoms with Crippen molar-refractivity contribution < 1.29 is 23.7 Å². The van der Waals surface area contributed by atoms with E-state index in [1.54, 1.807) is 25.4 Å². The Morgan fingerprint density at radius 1 is 1.10 bits per heavy atom. The summed E-state index contributed by atoms with van der Waals surface area (Å²) in [5.41, 5.74) is 1.02. The van der Waals surface area contributed by atoms with E-state index in [0.29, 0.717) is 12.3 Å². The number of hydrogen-bond donors (Lipinski definition) is 2. The highest BCUT2D eigenvalue weighted by atomic mass is 16.5. The molecule has 1 fully saturated rings. The van der Waals surface area contributed by atoms with Crippen molar-refractivity contribution in [3.63, 3.8) is 0 Å². The molecule has 0 radical (unpaired) electrons. The molecule has 0 saturated carbocycles. The summed E-state index contributed by atoms with van der Waals surface area (Å²) in [6.45, 7) is 4.71. The van der Waals surface area contributed by atoms with Crippen LogP contribution in [0.4, 0.5) is 0 Å². The first kappa shape index (κ1) is 19.4. The van der Waals surface area contributed by atoms with E-state index >= 15 is 0 Å². The fourth-order valence-electron chi connectivity index (χ4n) is 4.05. The summed E-state index contributed by atoms with van der Waals surface area (Å²) in [6, 6.07) is 9.71. The van der Waals surface area contributed by atoms with Gasteiger partial charge in [0.25, 0.3) is 0 Å². The number of hydrogen-bond acceptors (Lipinski definition) is 6. The number of aromatic nitrogens is 4. The highest BCUT2D eigenvalue weighted by Gasteiger charge is 2.37. The Morgan fingerprint density at radius 2 is 1.93 bits per heavy atom. The minimum atomic E-state index is -0.0712. The molecule has 0 bridgehead atoms. The van der Waals surface area contributed by atoms with Gasteiger partial charge in [-0.15, -0.1) is 5.10 Å². The van der Waals surface area contributed by atoms with Crippen LogP contribution in [0.5, 0.6) is 11.5 Å². The standard InChI is InChI=1S/C20H26N6O3/c1-24-9-11-25(12-10-24)18(16-7-4-8-17(27-2)19(16)28-3)20-21-22-23-26(20)14-15-6-5-13-29-15/h4-8,13,18H,9-12,14H2,1-3H3/p+2/t18-/m1/s1. The van der Waals surface area contributed by atoms with Crippen molar-refractivity contribution in [1.82, 2.24) is 20.2 Å².